The van der Waals surface area contributed by atoms with Crippen molar-refractivity contribution < 1.29 is 4.65 Å². The Morgan fingerprint density at radius 2 is 1.15 bits per heavy atom. The summed E-state index contributed by atoms with van der Waals surface area (Å²) >= 11 is 0. The van der Waals surface area contributed by atoms with E-state index in [1.807, 2.05) is 0 Å². The number of rotatable bonds is 6. The molecule has 1 N–H and O–H groups in total. The second-order valence-corrected chi connectivity index (χ2v) is 11.6. The molecular weight excluding hydrogens is 473 g/mol. The van der Waals surface area contributed by atoms with Gasteiger partial charge in [0.1, 0.15) is 0 Å². The van der Waals surface area contributed by atoms with Gasteiger partial charge in [0, 0.05) is 18.9 Å². The van der Waals surface area contributed by atoms with Crippen LogP contribution in [0.1, 0.15) is 43.2 Å². The molecule has 0 amide bonds. The molecule has 1 aliphatic carbocycles. The summed E-state index contributed by atoms with van der Waals surface area (Å²) in [6, 6.07) is 42.2. The van der Waals surface area contributed by atoms with E-state index in [1.165, 1.54) is 70.2 Å². The molecule has 0 radical (unpaired) electrons. The molecule has 1 saturated carbocycles. The molecule has 2 nitrogen and oxygen atoms in total. The van der Waals surface area contributed by atoms with Crippen LogP contribution < -0.4 is 10.7 Å². The fraction of sp³-hybridized carbons (Fsp3) is 0.278. The van der Waals surface area contributed by atoms with Crippen LogP contribution in [0.3, 0.4) is 0 Å². The minimum atomic E-state index is -0.364. The predicted octanol–water partition coefficient (Wildman–Crippen LogP) is 7.48. The average Bonchev–Trinajstić information content (AvgIpc) is 3.37. The third kappa shape index (κ3) is 4.79. The second-order valence-electron chi connectivity index (χ2n) is 11.6. The molecule has 1 heterocycles. The van der Waals surface area contributed by atoms with Gasteiger partial charge in [0.25, 0.3) is 0 Å². The van der Waals surface area contributed by atoms with Crippen LogP contribution in [0.5, 0.6) is 0 Å². The summed E-state index contributed by atoms with van der Waals surface area (Å²) in [5, 5.41) is 9.36. The fourth-order valence-corrected chi connectivity index (χ4v) is 7.39. The van der Waals surface area contributed by atoms with E-state index in [9.17, 15) is 0 Å². The van der Waals surface area contributed by atoms with Gasteiger partial charge in [-0.3, -0.25) is 0 Å². The van der Waals surface area contributed by atoms with Crippen LogP contribution in [0, 0.1) is 5.92 Å². The first-order chi connectivity index (χ1) is 19.3. The lowest BCUT2D eigenvalue weighted by Crippen LogP contribution is -2.52. The zero-order chi connectivity index (χ0) is 26.1. The minimum Gasteiger partial charge on any atom is -0.410 e. The van der Waals surface area contributed by atoms with Crippen LogP contribution in [-0.4, -0.2) is 18.7 Å². The molecule has 39 heavy (non-hydrogen) atoms. The molecule has 1 aliphatic heterocycles. The summed E-state index contributed by atoms with van der Waals surface area (Å²) in [6.07, 6.45) is 8.30. The Morgan fingerprint density at radius 1 is 0.615 bits per heavy atom. The SMILES string of the molecule is c1ccc(B2N[C@H](C3CCCCC3)C(Cc3cccc4ccccc34)(Cc3cccc4ccccc34)O2)cc1. The van der Waals surface area contributed by atoms with Crippen molar-refractivity contribution in [2.75, 3.05) is 0 Å². The van der Waals surface area contributed by atoms with Gasteiger partial charge in [-0.05, 0) is 56.9 Å². The average molecular weight is 510 g/mol. The zero-order valence-electron chi connectivity index (χ0n) is 22.6. The van der Waals surface area contributed by atoms with Gasteiger partial charge in [0.2, 0.25) is 0 Å². The first-order valence-corrected chi connectivity index (χ1v) is 14.7. The van der Waals surface area contributed by atoms with E-state index in [0.29, 0.717) is 5.92 Å². The number of hydrogen-bond donors (Lipinski definition) is 1. The van der Waals surface area contributed by atoms with Gasteiger partial charge in [-0.1, -0.05) is 135 Å². The summed E-state index contributed by atoms with van der Waals surface area (Å²) < 4.78 is 7.40. The molecule has 2 fully saturated rings. The topological polar surface area (TPSA) is 21.3 Å². The number of fused-ring (bicyclic) bond motifs is 2. The maximum atomic E-state index is 7.40. The summed E-state index contributed by atoms with van der Waals surface area (Å²) in [4.78, 5) is 0. The van der Waals surface area contributed by atoms with Crippen LogP contribution in [0.4, 0.5) is 0 Å². The van der Waals surface area contributed by atoms with Crippen molar-refractivity contribution in [2.24, 2.45) is 5.92 Å². The highest BCUT2D eigenvalue weighted by atomic mass is 16.5. The number of nitrogens with one attached hydrogen (secondary N) is 1. The maximum Gasteiger partial charge on any atom is 0.416 e. The van der Waals surface area contributed by atoms with E-state index in [1.54, 1.807) is 0 Å². The quantitative estimate of drug-likeness (QED) is 0.240. The summed E-state index contributed by atoms with van der Waals surface area (Å²) in [7, 11) is -0.108. The maximum absolute atomic E-state index is 7.40. The smallest absolute Gasteiger partial charge is 0.410 e. The van der Waals surface area contributed by atoms with Crippen molar-refractivity contribution in [3.05, 3.63) is 126 Å². The summed E-state index contributed by atoms with van der Waals surface area (Å²) in [5.74, 6) is 0.609. The standard InChI is InChI=1S/C36H36BNO/c1-3-15-29(16-4-1)35-36(39-37(38-35)32-21-5-2-6-22-32,25-30-19-11-17-27-13-7-9-23-33(27)30)26-31-20-12-18-28-14-8-10-24-34(28)31/h2,5-14,17-24,29,35,38H,1,3-4,15-16,25-26H2/t35-/m1/s1. The molecule has 0 spiro atoms. The summed E-state index contributed by atoms with van der Waals surface area (Å²) in [6.45, 7) is 0. The number of hydrogen-bond acceptors (Lipinski definition) is 2. The normalized spacial score (nSPS) is 19.6. The van der Waals surface area contributed by atoms with Crippen molar-refractivity contribution >= 4 is 34.1 Å². The lowest BCUT2D eigenvalue weighted by atomic mass is 9.71. The van der Waals surface area contributed by atoms with E-state index in [2.05, 4.69) is 120 Å². The Morgan fingerprint density at radius 3 is 1.77 bits per heavy atom. The van der Waals surface area contributed by atoms with Crippen LogP contribution in [0.15, 0.2) is 115 Å². The Labute approximate surface area is 232 Å². The van der Waals surface area contributed by atoms with E-state index < -0.39 is 0 Å². The Balaban J connectivity index is 1.38. The first kappa shape index (κ1) is 24.6. The van der Waals surface area contributed by atoms with Gasteiger partial charge >= 0.3 is 7.05 Å². The highest BCUT2D eigenvalue weighted by Crippen LogP contribution is 2.42. The van der Waals surface area contributed by atoms with Crippen LogP contribution in [0.25, 0.3) is 21.5 Å². The molecule has 3 heteroatoms. The molecule has 5 aromatic carbocycles. The first-order valence-electron chi connectivity index (χ1n) is 14.7. The van der Waals surface area contributed by atoms with Crippen molar-refractivity contribution in [3.63, 3.8) is 0 Å². The van der Waals surface area contributed by atoms with Gasteiger partial charge < -0.3 is 9.88 Å². The highest BCUT2D eigenvalue weighted by molar-refractivity contribution is 6.65. The van der Waals surface area contributed by atoms with Crippen molar-refractivity contribution in [3.8, 4) is 0 Å². The molecule has 7 rings (SSSR count). The van der Waals surface area contributed by atoms with Gasteiger partial charge in [-0.25, -0.2) is 0 Å². The van der Waals surface area contributed by atoms with Crippen molar-refractivity contribution in [1.29, 1.82) is 0 Å². The van der Waals surface area contributed by atoms with Gasteiger partial charge in [0.15, 0.2) is 0 Å². The molecular formula is C36H36BNO. The van der Waals surface area contributed by atoms with E-state index in [0.717, 1.165) is 12.8 Å². The molecule has 0 bridgehead atoms. The molecule has 1 saturated heterocycles. The molecule has 2 aliphatic rings. The lowest BCUT2D eigenvalue weighted by Gasteiger charge is -2.41. The molecule has 0 unspecified atom stereocenters. The van der Waals surface area contributed by atoms with E-state index in [4.69, 9.17) is 4.65 Å². The molecule has 0 aromatic heterocycles. The van der Waals surface area contributed by atoms with Crippen molar-refractivity contribution in [2.45, 2.75) is 56.6 Å². The van der Waals surface area contributed by atoms with Gasteiger partial charge in [0.05, 0.1) is 5.60 Å². The Hall–Kier alpha value is -3.40. The Kier molecular flexibility index (Phi) is 6.72. The zero-order valence-corrected chi connectivity index (χ0v) is 22.6. The highest BCUT2D eigenvalue weighted by Gasteiger charge is 2.53. The van der Waals surface area contributed by atoms with E-state index in [-0.39, 0.29) is 18.7 Å². The third-order valence-electron chi connectivity index (χ3n) is 9.21. The molecule has 194 valence electrons. The van der Waals surface area contributed by atoms with Gasteiger partial charge in [-0.2, -0.15) is 0 Å². The molecule has 5 aromatic rings. The van der Waals surface area contributed by atoms with Crippen LogP contribution >= 0.6 is 0 Å². The molecule has 1 atom stereocenters. The third-order valence-corrected chi connectivity index (χ3v) is 9.21. The largest absolute Gasteiger partial charge is 0.416 e. The van der Waals surface area contributed by atoms with Crippen molar-refractivity contribution in [1.82, 2.24) is 5.23 Å². The second kappa shape index (κ2) is 10.6. The summed E-state index contributed by atoms with van der Waals surface area (Å²) in [5.41, 5.74) is 3.61. The minimum absolute atomic E-state index is 0.108. The fourth-order valence-electron chi connectivity index (χ4n) is 7.39. The van der Waals surface area contributed by atoms with Crippen LogP contribution in [0.2, 0.25) is 0 Å². The monoisotopic (exact) mass is 509 g/mol. The predicted molar refractivity (Wildman–Crippen MR) is 164 cm³/mol. The number of benzene rings is 5. The lowest BCUT2D eigenvalue weighted by molar-refractivity contribution is 0.0423. The van der Waals surface area contributed by atoms with Crippen LogP contribution in [-0.2, 0) is 17.5 Å². The Bertz CT molecular complexity index is 1480. The van der Waals surface area contributed by atoms with E-state index >= 15 is 0 Å². The van der Waals surface area contributed by atoms with Gasteiger partial charge in [-0.15, -0.1) is 0 Å².